The van der Waals surface area contributed by atoms with Crippen LogP contribution in [0.2, 0.25) is 0 Å². The molecule has 1 N–H and O–H groups in total. The van der Waals surface area contributed by atoms with Gasteiger partial charge in [-0.3, -0.25) is 0 Å². The molecule has 0 radical (unpaired) electrons. The third-order valence-corrected chi connectivity index (χ3v) is 1.48. The largest absolute Gasteiger partial charge is 0.503 e. The molecule has 0 bridgehead atoms. The predicted octanol–water partition coefficient (Wildman–Crippen LogP) is 1.55. The van der Waals surface area contributed by atoms with Gasteiger partial charge in [0.1, 0.15) is 6.07 Å². The molecular weight excluding hydrogens is 180 g/mol. The summed E-state index contributed by atoms with van der Waals surface area (Å²) in [6.07, 6.45) is 0. The molecule has 0 aromatic heterocycles. The van der Waals surface area contributed by atoms with Crippen molar-refractivity contribution in [1.29, 1.82) is 5.26 Å². The highest BCUT2D eigenvalue weighted by Gasteiger charge is 2.17. The zero-order valence-corrected chi connectivity index (χ0v) is 6.64. The van der Waals surface area contributed by atoms with Gasteiger partial charge in [0.05, 0.1) is 12.7 Å². The fraction of sp³-hybridized carbons (Fsp3) is 0.125. The summed E-state index contributed by atoms with van der Waals surface area (Å²) in [5.41, 5.74) is -0.462. The van der Waals surface area contributed by atoms with E-state index in [1.54, 1.807) is 0 Å². The van der Waals surface area contributed by atoms with E-state index in [0.29, 0.717) is 0 Å². The average molecular weight is 185 g/mol. The molecule has 0 saturated heterocycles. The highest BCUT2D eigenvalue weighted by atomic mass is 19.1. The van der Waals surface area contributed by atoms with Gasteiger partial charge in [-0.25, -0.2) is 4.39 Å². The van der Waals surface area contributed by atoms with E-state index in [4.69, 9.17) is 10.4 Å². The molecule has 0 spiro atoms. The summed E-state index contributed by atoms with van der Waals surface area (Å²) in [6.45, 7) is 0. The van der Waals surface area contributed by atoms with Crippen LogP contribution in [0.25, 0.3) is 0 Å². The number of aromatic hydroxyl groups is 1. The van der Waals surface area contributed by atoms with E-state index in [1.165, 1.54) is 6.07 Å². The number of methoxy groups -OCH3 is 1. The Morgan fingerprint density at radius 2 is 2.08 bits per heavy atom. The van der Waals surface area contributed by atoms with Crippen molar-refractivity contribution in [1.82, 2.24) is 0 Å². The molecule has 0 saturated carbocycles. The molecule has 0 aliphatic heterocycles. The van der Waals surface area contributed by atoms with Gasteiger partial charge in [0.25, 0.3) is 0 Å². The molecule has 0 atom stereocenters. The van der Waals surface area contributed by atoms with Gasteiger partial charge in [0.15, 0.2) is 17.3 Å². The third kappa shape index (κ3) is 1.38. The van der Waals surface area contributed by atoms with Crippen molar-refractivity contribution in [2.24, 2.45) is 0 Å². The molecule has 0 aliphatic rings. The first-order valence-corrected chi connectivity index (χ1v) is 3.26. The number of hydrogen-bond acceptors (Lipinski definition) is 3. The van der Waals surface area contributed by atoms with Crippen LogP contribution in [-0.2, 0) is 0 Å². The topological polar surface area (TPSA) is 53.2 Å². The Morgan fingerprint density at radius 3 is 2.54 bits per heavy atom. The highest BCUT2D eigenvalue weighted by molar-refractivity contribution is 5.46. The molecule has 0 unspecified atom stereocenters. The summed E-state index contributed by atoms with van der Waals surface area (Å²) in [5.74, 6) is -4.05. The van der Waals surface area contributed by atoms with Crippen molar-refractivity contribution in [3.05, 3.63) is 23.3 Å². The van der Waals surface area contributed by atoms with Crippen LogP contribution in [-0.4, -0.2) is 12.2 Å². The summed E-state index contributed by atoms with van der Waals surface area (Å²) < 4.78 is 30.1. The van der Waals surface area contributed by atoms with Crippen LogP contribution >= 0.6 is 0 Å². The van der Waals surface area contributed by atoms with Crippen molar-refractivity contribution >= 4 is 0 Å². The minimum Gasteiger partial charge on any atom is -0.503 e. The molecule has 1 aromatic rings. The van der Waals surface area contributed by atoms with Gasteiger partial charge >= 0.3 is 0 Å². The fourth-order valence-corrected chi connectivity index (χ4v) is 0.828. The lowest BCUT2D eigenvalue weighted by atomic mass is 10.2. The zero-order valence-electron chi connectivity index (χ0n) is 6.64. The maximum Gasteiger partial charge on any atom is 0.209 e. The van der Waals surface area contributed by atoms with Gasteiger partial charge in [0.2, 0.25) is 5.82 Å². The second kappa shape index (κ2) is 3.27. The molecule has 13 heavy (non-hydrogen) atoms. The van der Waals surface area contributed by atoms with E-state index in [2.05, 4.69) is 4.74 Å². The molecule has 3 nitrogen and oxygen atoms in total. The molecule has 1 aromatic carbocycles. The van der Waals surface area contributed by atoms with Gasteiger partial charge in [-0.15, -0.1) is 0 Å². The van der Waals surface area contributed by atoms with Crippen LogP contribution in [0.15, 0.2) is 6.07 Å². The lowest BCUT2D eigenvalue weighted by Crippen LogP contribution is -1.94. The lowest BCUT2D eigenvalue weighted by molar-refractivity contribution is 0.349. The Morgan fingerprint density at radius 1 is 1.46 bits per heavy atom. The van der Waals surface area contributed by atoms with Crippen molar-refractivity contribution in [3.63, 3.8) is 0 Å². The minimum atomic E-state index is -1.28. The monoisotopic (exact) mass is 185 g/mol. The first-order chi connectivity index (χ1) is 6.11. The van der Waals surface area contributed by atoms with Gasteiger partial charge in [-0.1, -0.05) is 0 Å². The summed E-state index contributed by atoms with van der Waals surface area (Å²) in [6, 6.07) is 2.34. The van der Waals surface area contributed by atoms with E-state index < -0.39 is 22.9 Å². The Labute approximate surface area is 72.8 Å². The molecule has 0 amide bonds. The molecule has 5 heteroatoms. The molecule has 0 aliphatic carbocycles. The second-order valence-electron chi connectivity index (χ2n) is 2.21. The van der Waals surface area contributed by atoms with Gasteiger partial charge in [0, 0.05) is 6.07 Å². The molecule has 0 heterocycles. The maximum atomic E-state index is 12.9. The Kier molecular flexibility index (Phi) is 2.33. The van der Waals surface area contributed by atoms with Gasteiger partial charge in [-0.2, -0.15) is 9.65 Å². The Bertz CT molecular complexity index is 385. The number of halogens is 2. The minimum absolute atomic E-state index is 0.365. The van der Waals surface area contributed by atoms with Crippen molar-refractivity contribution in [2.45, 2.75) is 0 Å². The highest BCUT2D eigenvalue weighted by Crippen LogP contribution is 2.30. The van der Waals surface area contributed by atoms with Crippen molar-refractivity contribution < 1.29 is 18.6 Å². The number of nitrogens with zero attached hydrogens (tertiary/aromatic N) is 1. The Balaban J connectivity index is 3.48. The zero-order chi connectivity index (χ0) is 10.0. The van der Waals surface area contributed by atoms with Crippen molar-refractivity contribution in [3.8, 4) is 17.6 Å². The van der Waals surface area contributed by atoms with Gasteiger partial charge < -0.3 is 9.84 Å². The first kappa shape index (κ1) is 9.26. The fourth-order valence-electron chi connectivity index (χ4n) is 0.828. The summed E-state index contributed by atoms with van der Waals surface area (Å²) >= 11 is 0. The number of phenols is 1. The number of rotatable bonds is 1. The number of nitriles is 1. The standard InChI is InChI=1S/C8H5F2NO2/c1-13-5-2-4(3-11)6(9)8(12)7(5)10/h2,12H,1H3. The number of phenolic OH excluding ortho intramolecular Hbond substituents is 1. The molecule has 1 rings (SSSR count). The van der Waals surface area contributed by atoms with E-state index >= 15 is 0 Å². The van der Waals surface area contributed by atoms with E-state index in [1.807, 2.05) is 0 Å². The molecule has 0 fully saturated rings. The van der Waals surface area contributed by atoms with Crippen LogP contribution in [0.1, 0.15) is 5.56 Å². The van der Waals surface area contributed by atoms with E-state index in [-0.39, 0.29) is 5.75 Å². The lowest BCUT2D eigenvalue weighted by Gasteiger charge is -2.04. The van der Waals surface area contributed by atoms with Crippen molar-refractivity contribution in [2.75, 3.05) is 7.11 Å². The second-order valence-corrected chi connectivity index (χ2v) is 2.21. The summed E-state index contributed by atoms with van der Waals surface area (Å²) in [4.78, 5) is 0. The predicted molar refractivity (Wildman–Crippen MR) is 39.3 cm³/mol. The smallest absolute Gasteiger partial charge is 0.209 e. The van der Waals surface area contributed by atoms with Crippen LogP contribution in [0, 0.1) is 23.0 Å². The molecular formula is C8H5F2NO2. The number of hydrogen-bond donors (Lipinski definition) is 1. The van der Waals surface area contributed by atoms with Crippen LogP contribution in [0.3, 0.4) is 0 Å². The Hall–Kier alpha value is -1.83. The SMILES string of the molecule is COc1cc(C#N)c(F)c(O)c1F. The van der Waals surface area contributed by atoms with E-state index in [9.17, 15) is 8.78 Å². The molecule has 68 valence electrons. The maximum absolute atomic E-state index is 12.9. The number of ether oxygens (including phenoxy) is 1. The normalized spacial score (nSPS) is 9.38. The number of benzene rings is 1. The van der Waals surface area contributed by atoms with Gasteiger partial charge in [-0.05, 0) is 0 Å². The van der Waals surface area contributed by atoms with Crippen LogP contribution < -0.4 is 4.74 Å². The van der Waals surface area contributed by atoms with Crippen LogP contribution in [0.4, 0.5) is 8.78 Å². The quantitative estimate of drug-likeness (QED) is 0.722. The van der Waals surface area contributed by atoms with E-state index in [0.717, 1.165) is 13.2 Å². The average Bonchev–Trinajstić information content (AvgIpc) is 2.15. The summed E-state index contributed by atoms with van der Waals surface area (Å²) in [5, 5.41) is 17.2. The third-order valence-electron chi connectivity index (χ3n) is 1.48. The summed E-state index contributed by atoms with van der Waals surface area (Å²) in [7, 11) is 1.15. The first-order valence-electron chi connectivity index (χ1n) is 3.26. The van der Waals surface area contributed by atoms with Crippen LogP contribution in [0.5, 0.6) is 11.5 Å².